The Morgan fingerprint density at radius 2 is 1.95 bits per heavy atom. The molecule has 19 heavy (non-hydrogen) atoms. The molecule has 1 aromatic rings. The first-order valence-electron chi connectivity index (χ1n) is 7.33. The minimum absolute atomic E-state index is 0.356. The Balaban J connectivity index is 1.82. The Morgan fingerprint density at radius 3 is 2.63 bits per heavy atom. The lowest BCUT2D eigenvalue weighted by Crippen LogP contribution is -2.44. The van der Waals surface area contributed by atoms with Crippen LogP contribution in [0.2, 0.25) is 0 Å². The van der Waals surface area contributed by atoms with Gasteiger partial charge in [-0.05, 0) is 38.9 Å². The topological polar surface area (TPSA) is 24.5 Å². The van der Waals surface area contributed by atoms with Crippen molar-refractivity contribution in [2.45, 2.75) is 52.5 Å². The van der Waals surface area contributed by atoms with E-state index in [1.807, 2.05) is 11.3 Å². The summed E-state index contributed by atoms with van der Waals surface area (Å²) in [6, 6.07) is 4.54. The fraction of sp³-hybridized carbons (Fsp3) is 0.733. The van der Waals surface area contributed by atoms with Gasteiger partial charge < -0.3 is 10.1 Å². The van der Waals surface area contributed by atoms with Crippen LogP contribution in [-0.4, -0.2) is 36.7 Å². The van der Waals surface area contributed by atoms with Crippen molar-refractivity contribution in [1.82, 2.24) is 10.2 Å². The summed E-state index contributed by atoms with van der Waals surface area (Å²) in [6.07, 6.45) is 1.91. The third-order valence-corrected chi connectivity index (χ3v) is 4.39. The van der Waals surface area contributed by atoms with Crippen molar-refractivity contribution in [3.05, 3.63) is 21.9 Å². The van der Waals surface area contributed by atoms with E-state index >= 15 is 0 Å². The third kappa shape index (κ3) is 4.88. The fourth-order valence-electron chi connectivity index (χ4n) is 2.62. The van der Waals surface area contributed by atoms with Gasteiger partial charge in [-0.2, -0.15) is 0 Å². The molecule has 2 rings (SSSR count). The molecule has 3 nitrogen and oxygen atoms in total. The molecule has 0 aromatic carbocycles. The predicted octanol–water partition coefficient (Wildman–Crippen LogP) is 2.86. The van der Waals surface area contributed by atoms with Gasteiger partial charge in [-0.1, -0.05) is 6.92 Å². The minimum Gasteiger partial charge on any atom is -0.373 e. The van der Waals surface area contributed by atoms with E-state index in [2.05, 4.69) is 43.1 Å². The largest absolute Gasteiger partial charge is 0.373 e. The third-order valence-electron chi connectivity index (χ3n) is 3.32. The summed E-state index contributed by atoms with van der Waals surface area (Å²) in [5.74, 6) is 0. The molecule has 0 amide bonds. The van der Waals surface area contributed by atoms with Crippen LogP contribution < -0.4 is 5.32 Å². The van der Waals surface area contributed by atoms with Crippen LogP contribution >= 0.6 is 11.3 Å². The maximum Gasteiger partial charge on any atom is 0.0678 e. The van der Waals surface area contributed by atoms with Gasteiger partial charge in [-0.25, -0.2) is 0 Å². The monoisotopic (exact) mass is 282 g/mol. The minimum atomic E-state index is 0.356. The van der Waals surface area contributed by atoms with Crippen LogP contribution in [0.4, 0.5) is 0 Å². The number of nitrogens with one attached hydrogen (secondary N) is 1. The van der Waals surface area contributed by atoms with Crippen molar-refractivity contribution in [3.63, 3.8) is 0 Å². The normalized spacial score (nSPS) is 24.8. The van der Waals surface area contributed by atoms with Crippen LogP contribution in [0.15, 0.2) is 12.1 Å². The molecule has 1 aliphatic heterocycles. The first-order chi connectivity index (χ1) is 9.17. The molecule has 0 radical (unpaired) electrons. The van der Waals surface area contributed by atoms with Crippen LogP contribution in [0.3, 0.4) is 0 Å². The van der Waals surface area contributed by atoms with E-state index in [1.165, 1.54) is 16.2 Å². The second kappa shape index (κ2) is 7.39. The van der Waals surface area contributed by atoms with E-state index in [0.29, 0.717) is 12.2 Å². The molecule has 2 atom stereocenters. The maximum atomic E-state index is 5.78. The molecule has 4 heteroatoms. The molecule has 1 aliphatic rings. The first kappa shape index (κ1) is 15.0. The highest BCUT2D eigenvalue weighted by molar-refractivity contribution is 7.11. The molecule has 0 aliphatic carbocycles. The SMILES string of the molecule is CCCNCc1ccc(CN2CC(C)OC(C)C2)s1. The lowest BCUT2D eigenvalue weighted by atomic mass is 10.2. The number of morpholine rings is 1. The molecular weight excluding hydrogens is 256 g/mol. The second-order valence-corrected chi connectivity index (χ2v) is 6.75. The van der Waals surface area contributed by atoms with Crippen molar-refractivity contribution in [2.24, 2.45) is 0 Å². The van der Waals surface area contributed by atoms with Gasteiger partial charge in [-0.3, -0.25) is 4.90 Å². The average Bonchev–Trinajstić information content (AvgIpc) is 2.76. The van der Waals surface area contributed by atoms with Crippen molar-refractivity contribution < 1.29 is 4.74 Å². The molecule has 0 spiro atoms. The van der Waals surface area contributed by atoms with Crippen LogP contribution in [0.5, 0.6) is 0 Å². The molecule has 1 fully saturated rings. The quantitative estimate of drug-likeness (QED) is 0.812. The Kier molecular flexibility index (Phi) is 5.82. The second-order valence-electron chi connectivity index (χ2n) is 5.50. The highest BCUT2D eigenvalue weighted by atomic mass is 32.1. The summed E-state index contributed by atoms with van der Waals surface area (Å²) in [7, 11) is 0. The summed E-state index contributed by atoms with van der Waals surface area (Å²) in [4.78, 5) is 5.42. The number of nitrogens with zero attached hydrogens (tertiary/aromatic N) is 1. The predicted molar refractivity (Wildman–Crippen MR) is 81.6 cm³/mol. The molecule has 1 aromatic heterocycles. The van der Waals surface area contributed by atoms with Gasteiger partial charge in [0.25, 0.3) is 0 Å². The molecule has 0 saturated carbocycles. The van der Waals surface area contributed by atoms with Gasteiger partial charge in [0.2, 0.25) is 0 Å². The lowest BCUT2D eigenvalue weighted by Gasteiger charge is -2.34. The summed E-state index contributed by atoms with van der Waals surface area (Å²) < 4.78 is 5.78. The fourth-order valence-corrected chi connectivity index (χ4v) is 3.65. The van der Waals surface area contributed by atoms with Crippen molar-refractivity contribution in [3.8, 4) is 0 Å². The number of thiophene rings is 1. The van der Waals surface area contributed by atoms with Gasteiger partial charge in [0, 0.05) is 35.9 Å². The molecule has 2 heterocycles. The van der Waals surface area contributed by atoms with Gasteiger partial charge in [0.05, 0.1) is 12.2 Å². The molecule has 108 valence electrons. The van der Waals surface area contributed by atoms with Crippen molar-refractivity contribution in [2.75, 3.05) is 19.6 Å². The highest BCUT2D eigenvalue weighted by Gasteiger charge is 2.22. The van der Waals surface area contributed by atoms with E-state index < -0.39 is 0 Å². The smallest absolute Gasteiger partial charge is 0.0678 e. The number of hydrogen-bond acceptors (Lipinski definition) is 4. The van der Waals surface area contributed by atoms with Crippen molar-refractivity contribution >= 4 is 11.3 Å². The Morgan fingerprint density at radius 1 is 1.26 bits per heavy atom. The Labute approximate surface area is 121 Å². The molecule has 1 N–H and O–H groups in total. The van der Waals surface area contributed by atoms with E-state index in [-0.39, 0.29) is 0 Å². The van der Waals surface area contributed by atoms with Gasteiger partial charge in [0.1, 0.15) is 0 Å². The lowest BCUT2D eigenvalue weighted by molar-refractivity contribution is -0.0702. The summed E-state index contributed by atoms with van der Waals surface area (Å²) in [5, 5.41) is 3.46. The number of hydrogen-bond donors (Lipinski definition) is 1. The van der Waals surface area contributed by atoms with Crippen LogP contribution in [0.25, 0.3) is 0 Å². The molecule has 1 saturated heterocycles. The van der Waals surface area contributed by atoms with Gasteiger partial charge >= 0.3 is 0 Å². The average molecular weight is 282 g/mol. The zero-order valence-corrected chi connectivity index (χ0v) is 13.1. The highest BCUT2D eigenvalue weighted by Crippen LogP contribution is 2.20. The zero-order chi connectivity index (χ0) is 13.7. The van der Waals surface area contributed by atoms with Crippen LogP contribution in [-0.2, 0) is 17.8 Å². The number of ether oxygens (including phenoxy) is 1. The summed E-state index contributed by atoms with van der Waals surface area (Å²) in [5.41, 5.74) is 0. The molecule has 0 bridgehead atoms. The Hall–Kier alpha value is -0.420. The van der Waals surface area contributed by atoms with E-state index in [4.69, 9.17) is 4.74 Å². The first-order valence-corrected chi connectivity index (χ1v) is 8.15. The molecular formula is C15H26N2OS. The summed E-state index contributed by atoms with van der Waals surface area (Å²) in [6.45, 7) is 11.8. The van der Waals surface area contributed by atoms with E-state index in [1.54, 1.807) is 0 Å². The summed E-state index contributed by atoms with van der Waals surface area (Å²) >= 11 is 1.93. The van der Waals surface area contributed by atoms with Crippen LogP contribution in [0, 0.1) is 0 Å². The van der Waals surface area contributed by atoms with Crippen molar-refractivity contribution in [1.29, 1.82) is 0 Å². The van der Waals surface area contributed by atoms with E-state index in [0.717, 1.165) is 32.7 Å². The zero-order valence-electron chi connectivity index (χ0n) is 12.3. The maximum absolute atomic E-state index is 5.78. The standard InChI is InChI=1S/C15H26N2OS/c1-4-7-16-8-14-5-6-15(19-14)11-17-9-12(2)18-13(3)10-17/h5-6,12-13,16H,4,7-11H2,1-3H3. The van der Waals surface area contributed by atoms with Gasteiger partial charge in [0.15, 0.2) is 0 Å². The Bertz CT molecular complexity index is 370. The van der Waals surface area contributed by atoms with E-state index in [9.17, 15) is 0 Å². The van der Waals surface area contributed by atoms with Gasteiger partial charge in [-0.15, -0.1) is 11.3 Å². The number of rotatable bonds is 6. The van der Waals surface area contributed by atoms with Crippen LogP contribution in [0.1, 0.15) is 36.9 Å². The molecule has 2 unspecified atom stereocenters.